The van der Waals surface area contributed by atoms with Crippen LogP contribution in [0.4, 0.5) is 0 Å². The van der Waals surface area contributed by atoms with Crippen LogP contribution in [0.15, 0.2) is 42.0 Å². The number of ether oxygens (including phenoxy) is 1. The van der Waals surface area contributed by atoms with E-state index in [0.717, 1.165) is 17.6 Å². The van der Waals surface area contributed by atoms with Crippen molar-refractivity contribution in [2.45, 2.75) is 104 Å². The highest BCUT2D eigenvalue weighted by Gasteiger charge is 2.34. The smallest absolute Gasteiger partial charge is 0.328 e. The molecule has 12 heteroatoms. The van der Waals surface area contributed by atoms with Crippen LogP contribution in [0.5, 0.6) is 0 Å². The van der Waals surface area contributed by atoms with Gasteiger partial charge in [0.2, 0.25) is 23.6 Å². The number of amides is 4. The topological polar surface area (TPSA) is 172 Å². The molecule has 0 aliphatic carbocycles. The average molecular weight is 657 g/mol. The van der Waals surface area contributed by atoms with E-state index in [0.29, 0.717) is 19.5 Å². The summed E-state index contributed by atoms with van der Waals surface area (Å²) in [6.45, 7) is 15.4. The zero-order valence-electron chi connectivity index (χ0n) is 29.5. The van der Waals surface area contributed by atoms with E-state index < -0.39 is 48.0 Å². The molecular formula is C35H56N6O6. The third kappa shape index (κ3) is 12.1. The minimum atomic E-state index is -0.850. The first-order valence-electron chi connectivity index (χ1n) is 16.6. The monoisotopic (exact) mass is 656 g/mol. The Bertz CT molecular complexity index is 1250. The van der Waals surface area contributed by atoms with Gasteiger partial charge in [-0.3, -0.25) is 24.1 Å². The van der Waals surface area contributed by atoms with Crippen LogP contribution in [0.2, 0.25) is 0 Å². The van der Waals surface area contributed by atoms with Crippen molar-refractivity contribution < 1.29 is 28.7 Å². The molecule has 0 fully saturated rings. The number of carbonyl (C=O) groups is 5. The van der Waals surface area contributed by atoms with E-state index in [-0.39, 0.29) is 35.6 Å². The maximum absolute atomic E-state index is 13.7. The number of nitrogens with zero attached hydrogens (tertiary/aromatic N) is 1. The Hall–Kier alpha value is -3.77. The number of methoxy groups -OCH3 is 1. The lowest BCUT2D eigenvalue weighted by atomic mass is 9.94. The second kappa shape index (κ2) is 18.5. The van der Waals surface area contributed by atoms with Crippen molar-refractivity contribution in [3.05, 3.63) is 47.5 Å². The molecule has 6 N–H and O–H groups in total. The van der Waals surface area contributed by atoms with Gasteiger partial charge in [0.15, 0.2) is 0 Å². The highest BCUT2D eigenvalue weighted by molar-refractivity contribution is 5.92. The van der Waals surface area contributed by atoms with Crippen molar-refractivity contribution in [2.75, 3.05) is 20.2 Å². The van der Waals surface area contributed by atoms with Crippen molar-refractivity contribution in [3.8, 4) is 0 Å². The van der Waals surface area contributed by atoms with E-state index in [4.69, 9.17) is 10.5 Å². The quantitative estimate of drug-likeness (QED) is 0.140. The maximum atomic E-state index is 13.7. The summed E-state index contributed by atoms with van der Waals surface area (Å²) in [4.78, 5) is 66.3. The van der Waals surface area contributed by atoms with Crippen LogP contribution in [-0.2, 0) is 35.1 Å². The fourth-order valence-corrected chi connectivity index (χ4v) is 5.54. The van der Waals surface area contributed by atoms with Gasteiger partial charge in [-0.1, -0.05) is 69.7 Å². The average Bonchev–Trinajstić information content (AvgIpc) is 3.24. The lowest BCUT2D eigenvalue weighted by molar-refractivity contribution is -0.147. The highest BCUT2D eigenvalue weighted by atomic mass is 16.5. The molecular weight excluding hydrogens is 600 g/mol. The molecule has 0 spiro atoms. The first kappa shape index (κ1) is 39.4. The van der Waals surface area contributed by atoms with E-state index in [1.54, 1.807) is 13.8 Å². The fourth-order valence-electron chi connectivity index (χ4n) is 5.54. The molecule has 0 radical (unpaired) electrons. The summed E-state index contributed by atoms with van der Waals surface area (Å²) in [5, 5.41) is 11.3. The molecule has 47 heavy (non-hydrogen) atoms. The first-order valence-corrected chi connectivity index (χ1v) is 16.6. The molecule has 1 aromatic rings. The lowest BCUT2D eigenvalue weighted by Crippen LogP contribution is -2.58. The Morgan fingerprint density at radius 3 is 1.96 bits per heavy atom. The summed E-state index contributed by atoms with van der Waals surface area (Å²) in [6, 6.07) is 6.06. The third-order valence-electron chi connectivity index (χ3n) is 8.62. The summed E-state index contributed by atoms with van der Waals surface area (Å²) in [5.74, 6) is -2.38. The van der Waals surface area contributed by atoms with E-state index in [9.17, 15) is 24.0 Å². The molecule has 0 bridgehead atoms. The van der Waals surface area contributed by atoms with Gasteiger partial charge in [-0.15, -0.1) is 0 Å². The molecule has 1 heterocycles. The van der Waals surface area contributed by atoms with Crippen LogP contribution in [0, 0.1) is 17.8 Å². The van der Waals surface area contributed by atoms with E-state index >= 15 is 0 Å². The van der Waals surface area contributed by atoms with E-state index in [1.165, 1.54) is 7.11 Å². The van der Waals surface area contributed by atoms with Gasteiger partial charge in [0.1, 0.15) is 18.1 Å². The second-order valence-electron chi connectivity index (χ2n) is 13.3. The number of hydrogen-bond donors (Lipinski definition) is 5. The van der Waals surface area contributed by atoms with Crippen LogP contribution >= 0.6 is 0 Å². The molecule has 0 saturated carbocycles. The van der Waals surface area contributed by atoms with Gasteiger partial charge in [0.05, 0.1) is 19.2 Å². The van der Waals surface area contributed by atoms with Crippen LogP contribution in [0.25, 0.3) is 0 Å². The predicted octanol–water partition coefficient (Wildman–Crippen LogP) is 1.68. The predicted molar refractivity (Wildman–Crippen MR) is 182 cm³/mol. The number of benzene rings is 1. The zero-order chi connectivity index (χ0) is 35.4. The molecule has 1 aromatic carbocycles. The Morgan fingerprint density at radius 2 is 1.40 bits per heavy atom. The van der Waals surface area contributed by atoms with Gasteiger partial charge >= 0.3 is 5.97 Å². The van der Waals surface area contributed by atoms with Gasteiger partial charge in [0, 0.05) is 19.1 Å². The second-order valence-corrected chi connectivity index (χ2v) is 13.3. The van der Waals surface area contributed by atoms with Crippen molar-refractivity contribution in [1.29, 1.82) is 0 Å². The van der Waals surface area contributed by atoms with Crippen molar-refractivity contribution >= 4 is 29.6 Å². The number of carbonyl (C=O) groups excluding carboxylic acids is 5. The van der Waals surface area contributed by atoms with Crippen LogP contribution < -0.4 is 27.0 Å². The van der Waals surface area contributed by atoms with Gasteiger partial charge < -0.3 is 31.7 Å². The number of nitrogens with two attached hydrogens (primary N) is 1. The Kier molecular flexibility index (Phi) is 15.5. The molecule has 0 saturated heterocycles. The number of nitrogens with one attached hydrogen (secondary N) is 4. The Morgan fingerprint density at radius 1 is 0.809 bits per heavy atom. The van der Waals surface area contributed by atoms with Crippen molar-refractivity contribution in [1.82, 2.24) is 26.2 Å². The summed E-state index contributed by atoms with van der Waals surface area (Å²) in [5.41, 5.74) is 7.82. The van der Waals surface area contributed by atoms with Crippen molar-refractivity contribution in [2.24, 2.45) is 23.5 Å². The number of hydrogen-bond acceptors (Lipinski definition) is 8. The first-order chi connectivity index (χ1) is 22.0. The number of rotatable bonds is 15. The normalized spacial score (nSPS) is 19.2. The molecule has 262 valence electrons. The number of esters is 1. The molecule has 2 rings (SSSR count). The Labute approximate surface area is 280 Å². The molecule has 1 aliphatic heterocycles. The standard InChI is InChI=1S/C35H56N6O6/c1-20(2)29(34(45)40-30(21(3)4)35(46)47-9)39-33(44)25(8)41-16-15-28(18-27(19-41)17-26-13-11-10-12-14-26)23(6)37-32(43)24(7)38-31(42)22(5)36/h10-14,18,20-25,27,29-30H,15-17,19,36H2,1-9H3,(H,37,43)(H,38,42)(H,39,44)(H,40,45)/t22-,23?,24-,25?,27?,29-,30-/m0/s1. The largest absolute Gasteiger partial charge is 0.467 e. The molecule has 1 aliphatic rings. The van der Waals surface area contributed by atoms with Crippen LogP contribution in [-0.4, -0.2) is 90.9 Å². The Balaban J connectivity index is 2.22. The lowest BCUT2D eigenvalue weighted by Gasteiger charge is -2.32. The third-order valence-corrected chi connectivity index (χ3v) is 8.62. The summed E-state index contributed by atoms with van der Waals surface area (Å²) < 4.78 is 4.86. The summed E-state index contributed by atoms with van der Waals surface area (Å²) in [7, 11) is 1.28. The van der Waals surface area contributed by atoms with Gasteiger partial charge in [-0.25, -0.2) is 4.79 Å². The maximum Gasteiger partial charge on any atom is 0.328 e. The molecule has 4 amide bonds. The minimum absolute atomic E-state index is 0.0377. The summed E-state index contributed by atoms with van der Waals surface area (Å²) >= 11 is 0. The van der Waals surface area contributed by atoms with Crippen LogP contribution in [0.3, 0.4) is 0 Å². The molecule has 12 nitrogen and oxygen atoms in total. The van der Waals surface area contributed by atoms with E-state index in [2.05, 4.69) is 44.4 Å². The molecule has 0 aromatic heterocycles. The van der Waals surface area contributed by atoms with E-state index in [1.807, 2.05) is 59.7 Å². The fraction of sp³-hybridized carbons (Fsp3) is 0.629. The molecule has 3 unspecified atom stereocenters. The summed E-state index contributed by atoms with van der Waals surface area (Å²) in [6.07, 6.45) is 3.53. The van der Waals surface area contributed by atoms with Gasteiger partial charge in [-0.2, -0.15) is 0 Å². The SMILES string of the molecule is COC(=O)[C@@H](NC(=O)[C@@H](NC(=O)C(C)N1CCC(C(C)NC(=O)[C@H](C)NC(=O)[C@H](C)N)=CC(Cc2ccccc2)C1)C(C)C)C(C)C. The highest BCUT2D eigenvalue weighted by Crippen LogP contribution is 2.23. The van der Waals surface area contributed by atoms with Crippen LogP contribution in [0.1, 0.15) is 67.4 Å². The van der Waals surface area contributed by atoms with Gasteiger partial charge in [0.25, 0.3) is 0 Å². The van der Waals surface area contributed by atoms with Crippen molar-refractivity contribution in [3.63, 3.8) is 0 Å². The zero-order valence-corrected chi connectivity index (χ0v) is 29.5. The van der Waals surface area contributed by atoms with Gasteiger partial charge in [-0.05, 0) is 63.9 Å². The minimum Gasteiger partial charge on any atom is -0.467 e. The molecule has 7 atom stereocenters.